The van der Waals surface area contributed by atoms with E-state index < -0.39 is 10.0 Å². The van der Waals surface area contributed by atoms with Crippen LogP contribution in [0.5, 0.6) is 0 Å². The number of hydrogen-bond acceptors (Lipinski definition) is 2. The predicted molar refractivity (Wildman–Crippen MR) is 59.6 cm³/mol. The Labute approximate surface area is 89.5 Å². The summed E-state index contributed by atoms with van der Waals surface area (Å²) in [5.74, 6) is 0.648. The quantitative estimate of drug-likeness (QED) is 0.748. The lowest BCUT2D eigenvalue weighted by Crippen LogP contribution is -2.33. The van der Waals surface area contributed by atoms with Gasteiger partial charge in [-0.3, -0.25) is 0 Å². The summed E-state index contributed by atoms with van der Waals surface area (Å²) in [6.45, 7) is 6.42. The number of halogens is 1. The van der Waals surface area contributed by atoms with Crippen molar-refractivity contribution >= 4 is 26.0 Å². The Morgan fingerprint density at radius 2 is 1.92 bits per heavy atom. The SMILES string of the molecule is CCCS(=O)(=O)NCC(Br)C(C)C. The number of hydrogen-bond donors (Lipinski definition) is 1. The highest BCUT2D eigenvalue weighted by molar-refractivity contribution is 9.09. The van der Waals surface area contributed by atoms with E-state index in [0.29, 0.717) is 18.9 Å². The van der Waals surface area contributed by atoms with Gasteiger partial charge in [-0.1, -0.05) is 36.7 Å². The monoisotopic (exact) mass is 271 g/mol. The molecule has 0 rings (SSSR count). The molecule has 0 aromatic heterocycles. The molecule has 0 saturated carbocycles. The van der Waals surface area contributed by atoms with Crippen LogP contribution in [0, 0.1) is 5.92 Å². The fourth-order valence-electron chi connectivity index (χ4n) is 0.783. The first-order chi connectivity index (χ1) is 5.89. The number of nitrogens with one attached hydrogen (secondary N) is 1. The van der Waals surface area contributed by atoms with Gasteiger partial charge in [0.1, 0.15) is 0 Å². The molecule has 80 valence electrons. The lowest BCUT2D eigenvalue weighted by atomic mass is 10.1. The fourth-order valence-corrected chi connectivity index (χ4v) is 2.27. The maximum absolute atomic E-state index is 11.2. The second kappa shape index (κ2) is 5.98. The van der Waals surface area contributed by atoms with Crippen LogP contribution in [0.1, 0.15) is 27.2 Å². The number of rotatable bonds is 6. The zero-order valence-electron chi connectivity index (χ0n) is 8.38. The molecule has 0 amide bonds. The zero-order chi connectivity index (χ0) is 10.5. The molecule has 0 spiro atoms. The summed E-state index contributed by atoms with van der Waals surface area (Å²) in [5, 5.41) is 0. The van der Waals surface area contributed by atoms with E-state index in [2.05, 4.69) is 20.7 Å². The lowest BCUT2D eigenvalue weighted by molar-refractivity contribution is 0.562. The van der Waals surface area contributed by atoms with Crippen LogP contribution in [-0.4, -0.2) is 25.5 Å². The molecule has 0 fully saturated rings. The van der Waals surface area contributed by atoms with Gasteiger partial charge in [-0.15, -0.1) is 0 Å². The van der Waals surface area contributed by atoms with Crippen LogP contribution < -0.4 is 4.72 Å². The average Bonchev–Trinajstić information content (AvgIpc) is 2.00. The lowest BCUT2D eigenvalue weighted by Gasteiger charge is -2.14. The summed E-state index contributed by atoms with van der Waals surface area (Å²) >= 11 is 3.42. The molecule has 0 aromatic rings. The molecule has 1 atom stereocenters. The Kier molecular flexibility index (Phi) is 6.16. The molecule has 0 aliphatic rings. The second-order valence-corrected chi connectivity index (χ2v) is 6.53. The highest BCUT2D eigenvalue weighted by Crippen LogP contribution is 2.10. The van der Waals surface area contributed by atoms with Crippen molar-refractivity contribution in [2.24, 2.45) is 5.92 Å². The van der Waals surface area contributed by atoms with Crippen LogP contribution in [0.25, 0.3) is 0 Å². The fraction of sp³-hybridized carbons (Fsp3) is 1.00. The third-order valence-corrected chi connectivity index (χ3v) is 4.63. The highest BCUT2D eigenvalue weighted by Gasteiger charge is 2.13. The molecule has 0 saturated heterocycles. The molecule has 0 aliphatic heterocycles. The standard InChI is InChI=1S/C8H18BrNO2S/c1-4-5-13(11,12)10-6-8(9)7(2)3/h7-8,10H,4-6H2,1-3H3. The van der Waals surface area contributed by atoms with E-state index in [1.165, 1.54) is 0 Å². The topological polar surface area (TPSA) is 46.2 Å². The van der Waals surface area contributed by atoms with Gasteiger partial charge in [-0.2, -0.15) is 0 Å². The maximum Gasteiger partial charge on any atom is 0.211 e. The Balaban J connectivity index is 3.88. The van der Waals surface area contributed by atoms with Crippen molar-refractivity contribution in [2.45, 2.75) is 32.0 Å². The molecule has 0 aromatic carbocycles. The Morgan fingerprint density at radius 1 is 1.38 bits per heavy atom. The minimum atomic E-state index is -3.04. The van der Waals surface area contributed by atoms with Gasteiger partial charge in [-0.05, 0) is 12.3 Å². The molecule has 0 aliphatic carbocycles. The van der Waals surface area contributed by atoms with Gasteiger partial charge >= 0.3 is 0 Å². The summed E-state index contributed by atoms with van der Waals surface area (Å²) < 4.78 is 25.0. The normalized spacial score (nSPS) is 14.8. The summed E-state index contributed by atoms with van der Waals surface area (Å²) in [6.07, 6.45) is 0.657. The molecule has 1 unspecified atom stereocenters. The first-order valence-electron chi connectivity index (χ1n) is 4.50. The number of sulfonamides is 1. The molecule has 13 heavy (non-hydrogen) atoms. The molecule has 5 heteroatoms. The van der Waals surface area contributed by atoms with E-state index in [9.17, 15) is 8.42 Å². The third-order valence-electron chi connectivity index (χ3n) is 1.69. The van der Waals surface area contributed by atoms with Crippen molar-refractivity contribution < 1.29 is 8.42 Å². The van der Waals surface area contributed by atoms with Crippen molar-refractivity contribution in [3.63, 3.8) is 0 Å². The Hall–Kier alpha value is 0.390. The zero-order valence-corrected chi connectivity index (χ0v) is 10.8. The van der Waals surface area contributed by atoms with Crippen LogP contribution >= 0.6 is 15.9 Å². The van der Waals surface area contributed by atoms with Gasteiger partial charge in [0.25, 0.3) is 0 Å². The van der Waals surface area contributed by atoms with Crippen molar-refractivity contribution in [3.8, 4) is 0 Å². The van der Waals surface area contributed by atoms with Crippen molar-refractivity contribution in [2.75, 3.05) is 12.3 Å². The molecule has 0 heterocycles. The van der Waals surface area contributed by atoms with Crippen LogP contribution in [0.15, 0.2) is 0 Å². The molecule has 1 N–H and O–H groups in total. The number of alkyl halides is 1. The first-order valence-corrected chi connectivity index (χ1v) is 7.07. The summed E-state index contributed by atoms with van der Waals surface area (Å²) in [7, 11) is -3.04. The van der Waals surface area contributed by atoms with Crippen molar-refractivity contribution in [1.82, 2.24) is 4.72 Å². The second-order valence-electron chi connectivity index (χ2n) is 3.43. The van der Waals surface area contributed by atoms with E-state index in [1.54, 1.807) is 0 Å². The molecular formula is C8H18BrNO2S. The largest absolute Gasteiger partial charge is 0.214 e. The smallest absolute Gasteiger partial charge is 0.211 e. The van der Waals surface area contributed by atoms with Gasteiger partial charge in [0.15, 0.2) is 0 Å². The van der Waals surface area contributed by atoms with E-state index in [-0.39, 0.29) is 10.6 Å². The van der Waals surface area contributed by atoms with Crippen LogP contribution in [0.3, 0.4) is 0 Å². The minimum absolute atomic E-state index is 0.208. The minimum Gasteiger partial charge on any atom is -0.214 e. The molecular weight excluding hydrogens is 254 g/mol. The van der Waals surface area contributed by atoms with Crippen LogP contribution in [0.4, 0.5) is 0 Å². The first kappa shape index (κ1) is 13.4. The van der Waals surface area contributed by atoms with Crippen LogP contribution in [0.2, 0.25) is 0 Å². The van der Waals surface area contributed by atoms with E-state index in [0.717, 1.165) is 0 Å². The summed E-state index contributed by atoms with van der Waals surface area (Å²) in [5.41, 5.74) is 0. The average molecular weight is 272 g/mol. The Bertz CT molecular complexity index is 226. The molecule has 0 radical (unpaired) electrons. The molecule has 0 bridgehead atoms. The van der Waals surface area contributed by atoms with Gasteiger partial charge in [0.05, 0.1) is 5.75 Å². The van der Waals surface area contributed by atoms with Gasteiger partial charge in [0, 0.05) is 11.4 Å². The Morgan fingerprint density at radius 3 is 2.31 bits per heavy atom. The van der Waals surface area contributed by atoms with E-state index >= 15 is 0 Å². The predicted octanol–water partition coefficient (Wildman–Crippen LogP) is 1.74. The van der Waals surface area contributed by atoms with Crippen molar-refractivity contribution in [3.05, 3.63) is 0 Å². The molecule has 3 nitrogen and oxygen atoms in total. The van der Waals surface area contributed by atoms with E-state index in [4.69, 9.17) is 0 Å². The van der Waals surface area contributed by atoms with Gasteiger partial charge < -0.3 is 0 Å². The summed E-state index contributed by atoms with van der Waals surface area (Å²) in [4.78, 5) is 0.208. The van der Waals surface area contributed by atoms with Crippen LogP contribution in [-0.2, 0) is 10.0 Å². The third kappa shape index (κ3) is 6.46. The van der Waals surface area contributed by atoms with Gasteiger partial charge in [-0.25, -0.2) is 13.1 Å². The maximum atomic E-state index is 11.2. The highest BCUT2D eigenvalue weighted by atomic mass is 79.9. The van der Waals surface area contributed by atoms with Crippen molar-refractivity contribution in [1.29, 1.82) is 0 Å². The summed E-state index contributed by atoms with van der Waals surface area (Å²) in [6, 6.07) is 0. The van der Waals surface area contributed by atoms with E-state index in [1.807, 2.05) is 20.8 Å². The van der Waals surface area contributed by atoms with Gasteiger partial charge in [0.2, 0.25) is 10.0 Å².